The van der Waals surface area contributed by atoms with Gasteiger partial charge in [-0.1, -0.05) is 6.07 Å². The highest BCUT2D eigenvalue weighted by Crippen LogP contribution is 2.18. The molecule has 1 amide bonds. The van der Waals surface area contributed by atoms with Crippen molar-refractivity contribution in [2.45, 2.75) is 13.0 Å². The summed E-state index contributed by atoms with van der Waals surface area (Å²) in [4.78, 5) is 12.6. The Balaban J connectivity index is 2.03. The fraction of sp³-hybridized carbons (Fsp3) is 0.200. The Morgan fingerprint density at radius 3 is 3.06 bits per heavy atom. The van der Waals surface area contributed by atoms with E-state index in [9.17, 15) is 4.79 Å². The molecule has 1 atom stereocenters. The van der Waals surface area contributed by atoms with Crippen LogP contribution in [0.2, 0.25) is 0 Å². The molecule has 16 heavy (non-hydrogen) atoms. The molecule has 2 rings (SSSR count). The molecule has 0 saturated heterocycles. The van der Waals surface area contributed by atoms with Crippen LogP contribution in [-0.4, -0.2) is 16.1 Å². The lowest BCUT2D eigenvalue weighted by Crippen LogP contribution is -2.27. The third-order valence-electron chi connectivity index (χ3n) is 2.09. The molecule has 2 aromatic heterocycles. The molecule has 0 aliphatic rings. The van der Waals surface area contributed by atoms with Crippen LogP contribution < -0.4 is 11.1 Å². The second-order valence-corrected chi connectivity index (χ2v) is 4.40. The minimum Gasteiger partial charge on any atom is -0.316 e. The highest BCUT2D eigenvalue weighted by atomic mass is 32.1. The van der Waals surface area contributed by atoms with E-state index in [1.54, 1.807) is 6.07 Å². The van der Waals surface area contributed by atoms with Crippen molar-refractivity contribution in [2.24, 2.45) is 5.73 Å². The van der Waals surface area contributed by atoms with Crippen LogP contribution in [0.4, 0.5) is 5.82 Å². The zero-order chi connectivity index (χ0) is 11.5. The van der Waals surface area contributed by atoms with Crippen LogP contribution in [0.3, 0.4) is 0 Å². The molecule has 0 radical (unpaired) electrons. The Morgan fingerprint density at radius 1 is 1.69 bits per heavy atom. The largest absolute Gasteiger partial charge is 0.316 e. The number of aromatic amines is 1. The molecule has 0 fully saturated rings. The standard InChI is InChI=1S/C10H12N4OS/c1-6-5-8(14-13-6)12-10(15)9(11)7-3-2-4-16-7/h2-5,9H,11H2,1H3,(H2,12,13,14,15). The van der Waals surface area contributed by atoms with Gasteiger partial charge < -0.3 is 11.1 Å². The van der Waals surface area contributed by atoms with Gasteiger partial charge in [-0.2, -0.15) is 5.10 Å². The number of hydrogen-bond donors (Lipinski definition) is 3. The number of nitrogens with two attached hydrogens (primary N) is 1. The van der Waals surface area contributed by atoms with Gasteiger partial charge in [-0.15, -0.1) is 11.3 Å². The van der Waals surface area contributed by atoms with Gasteiger partial charge in [0.2, 0.25) is 5.91 Å². The van der Waals surface area contributed by atoms with Gasteiger partial charge in [-0.25, -0.2) is 0 Å². The fourth-order valence-electron chi connectivity index (χ4n) is 1.28. The summed E-state index contributed by atoms with van der Waals surface area (Å²) in [7, 11) is 0. The van der Waals surface area contributed by atoms with E-state index in [0.717, 1.165) is 10.6 Å². The number of carbonyl (C=O) groups excluding carboxylic acids is 1. The molecule has 1 unspecified atom stereocenters. The molecule has 84 valence electrons. The summed E-state index contributed by atoms with van der Waals surface area (Å²) in [5, 5.41) is 11.2. The van der Waals surface area contributed by atoms with Gasteiger partial charge in [-0.3, -0.25) is 9.89 Å². The smallest absolute Gasteiger partial charge is 0.247 e. The third-order valence-corrected chi connectivity index (χ3v) is 3.04. The van der Waals surface area contributed by atoms with E-state index in [1.807, 2.05) is 24.4 Å². The van der Waals surface area contributed by atoms with Gasteiger partial charge in [0.1, 0.15) is 6.04 Å². The topological polar surface area (TPSA) is 83.8 Å². The normalized spacial score (nSPS) is 12.4. The number of aryl methyl sites for hydroxylation is 1. The molecule has 0 bridgehead atoms. The summed E-state index contributed by atoms with van der Waals surface area (Å²) in [6.45, 7) is 1.86. The summed E-state index contributed by atoms with van der Waals surface area (Å²) < 4.78 is 0. The molecular formula is C10H12N4OS. The summed E-state index contributed by atoms with van der Waals surface area (Å²) in [5.74, 6) is 0.239. The van der Waals surface area contributed by atoms with Crippen LogP contribution >= 0.6 is 11.3 Å². The molecule has 0 spiro atoms. The Hall–Kier alpha value is -1.66. The van der Waals surface area contributed by atoms with Crippen molar-refractivity contribution in [2.75, 3.05) is 5.32 Å². The molecule has 5 nitrogen and oxygen atoms in total. The molecule has 4 N–H and O–H groups in total. The second kappa shape index (κ2) is 4.46. The summed E-state index contributed by atoms with van der Waals surface area (Å²) in [5.41, 5.74) is 6.69. The lowest BCUT2D eigenvalue weighted by molar-refractivity contribution is -0.117. The van der Waals surface area contributed by atoms with E-state index in [4.69, 9.17) is 5.73 Å². The molecule has 0 aliphatic carbocycles. The molecule has 0 aromatic carbocycles. The minimum absolute atomic E-state index is 0.256. The van der Waals surface area contributed by atoms with Gasteiger partial charge in [-0.05, 0) is 18.4 Å². The van der Waals surface area contributed by atoms with Gasteiger partial charge in [0.15, 0.2) is 5.82 Å². The van der Waals surface area contributed by atoms with E-state index < -0.39 is 6.04 Å². The highest BCUT2D eigenvalue weighted by Gasteiger charge is 2.17. The Kier molecular flexibility index (Phi) is 3.02. The third kappa shape index (κ3) is 2.29. The predicted molar refractivity (Wildman–Crippen MR) is 63.2 cm³/mol. The van der Waals surface area contributed by atoms with Crippen molar-refractivity contribution < 1.29 is 4.79 Å². The highest BCUT2D eigenvalue weighted by molar-refractivity contribution is 7.10. The Labute approximate surface area is 96.7 Å². The van der Waals surface area contributed by atoms with Crippen LogP contribution in [0.1, 0.15) is 16.6 Å². The van der Waals surface area contributed by atoms with Crippen LogP contribution in [-0.2, 0) is 4.79 Å². The number of H-pyrrole nitrogens is 1. The quantitative estimate of drug-likeness (QED) is 0.753. The van der Waals surface area contributed by atoms with Crippen molar-refractivity contribution in [1.29, 1.82) is 0 Å². The zero-order valence-corrected chi connectivity index (χ0v) is 9.54. The maximum Gasteiger partial charge on any atom is 0.247 e. The van der Waals surface area contributed by atoms with Crippen LogP contribution in [0, 0.1) is 6.92 Å². The van der Waals surface area contributed by atoms with E-state index in [2.05, 4.69) is 15.5 Å². The number of hydrogen-bond acceptors (Lipinski definition) is 4. The van der Waals surface area contributed by atoms with Crippen molar-refractivity contribution in [1.82, 2.24) is 10.2 Å². The van der Waals surface area contributed by atoms with Gasteiger partial charge in [0, 0.05) is 16.6 Å². The van der Waals surface area contributed by atoms with Gasteiger partial charge >= 0.3 is 0 Å². The maximum absolute atomic E-state index is 11.7. The lowest BCUT2D eigenvalue weighted by atomic mass is 10.2. The van der Waals surface area contributed by atoms with Crippen molar-refractivity contribution in [3.63, 3.8) is 0 Å². The molecule has 2 aromatic rings. The Morgan fingerprint density at radius 2 is 2.50 bits per heavy atom. The average molecular weight is 236 g/mol. The second-order valence-electron chi connectivity index (χ2n) is 3.42. The summed E-state index contributed by atoms with van der Waals surface area (Å²) in [6, 6.07) is 4.81. The monoisotopic (exact) mass is 236 g/mol. The maximum atomic E-state index is 11.7. The van der Waals surface area contributed by atoms with E-state index in [-0.39, 0.29) is 5.91 Å². The van der Waals surface area contributed by atoms with Crippen molar-refractivity contribution in [3.05, 3.63) is 34.2 Å². The number of anilines is 1. The number of amides is 1. The SMILES string of the molecule is Cc1cc(NC(=O)C(N)c2cccs2)n[nH]1. The number of nitrogens with zero attached hydrogens (tertiary/aromatic N) is 1. The van der Waals surface area contributed by atoms with Crippen molar-refractivity contribution in [3.8, 4) is 0 Å². The Bertz CT molecular complexity index is 477. The van der Waals surface area contributed by atoms with Crippen molar-refractivity contribution >= 4 is 23.1 Å². The molecule has 0 saturated carbocycles. The average Bonchev–Trinajstić information content (AvgIpc) is 2.88. The van der Waals surface area contributed by atoms with E-state index in [1.165, 1.54) is 11.3 Å². The van der Waals surface area contributed by atoms with Crippen LogP contribution in [0.25, 0.3) is 0 Å². The van der Waals surface area contributed by atoms with E-state index >= 15 is 0 Å². The lowest BCUT2D eigenvalue weighted by Gasteiger charge is -2.08. The molecule has 0 aliphatic heterocycles. The van der Waals surface area contributed by atoms with Crippen LogP contribution in [0.5, 0.6) is 0 Å². The first-order valence-electron chi connectivity index (χ1n) is 4.78. The number of carbonyl (C=O) groups is 1. The van der Waals surface area contributed by atoms with Crippen LogP contribution in [0.15, 0.2) is 23.6 Å². The molecular weight excluding hydrogens is 224 g/mol. The first-order valence-corrected chi connectivity index (χ1v) is 5.66. The number of aromatic nitrogens is 2. The first kappa shape index (κ1) is 10.8. The van der Waals surface area contributed by atoms with E-state index in [0.29, 0.717) is 5.82 Å². The number of thiophene rings is 1. The first-order chi connectivity index (χ1) is 7.66. The zero-order valence-electron chi connectivity index (χ0n) is 8.73. The number of rotatable bonds is 3. The summed E-state index contributed by atoms with van der Waals surface area (Å²) in [6.07, 6.45) is 0. The molecule has 2 heterocycles. The fourth-order valence-corrected chi connectivity index (χ4v) is 2.01. The van der Waals surface area contributed by atoms with Gasteiger partial charge in [0.25, 0.3) is 0 Å². The number of nitrogens with one attached hydrogen (secondary N) is 2. The van der Waals surface area contributed by atoms with Gasteiger partial charge in [0.05, 0.1) is 0 Å². The summed E-state index contributed by atoms with van der Waals surface area (Å²) >= 11 is 1.46. The minimum atomic E-state index is -0.642. The molecule has 6 heteroatoms. The predicted octanol–water partition coefficient (Wildman–Crippen LogP) is 1.42.